The number of rotatable bonds is 4. The lowest BCUT2D eigenvalue weighted by molar-refractivity contribution is -0.135. The van der Waals surface area contributed by atoms with Gasteiger partial charge in [-0.25, -0.2) is 4.79 Å². The lowest BCUT2D eigenvalue weighted by atomic mass is 9.85. The molecule has 0 aliphatic carbocycles. The maximum atomic E-state index is 13.0. The molecule has 2 aliphatic rings. The molecule has 2 heterocycles. The molecule has 6 heteroatoms. The summed E-state index contributed by atoms with van der Waals surface area (Å²) >= 11 is 0. The summed E-state index contributed by atoms with van der Waals surface area (Å²) in [6.07, 6.45) is 1.07. The van der Waals surface area contributed by atoms with Crippen LogP contribution >= 0.6 is 0 Å². The number of anilines is 1. The van der Waals surface area contributed by atoms with Crippen LogP contribution in [0, 0.1) is 0 Å². The molecule has 2 saturated heterocycles. The van der Waals surface area contributed by atoms with Gasteiger partial charge in [0.15, 0.2) is 0 Å². The van der Waals surface area contributed by atoms with Crippen LogP contribution in [0.5, 0.6) is 5.75 Å². The summed E-state index contributed by atoms with van der Waals surface area (Å²) < 4.78 is 10.6. The van der Waals surface area contributed by atoms with Crippen LogP contribution < -0.4 is 9.64 Å². The number of hydrogen-bond acceptors (Lipinski definition) is 4. The van der Waals surface area contributed by atoms with Gasteiger partial charge in [0.1, 0.15) is 17.9 Å². The highest BCUT2D eigenvalue weighted by Gasteiger charge is 2.60. The van der Waals surface area contributed by atoms with Crippen LogP contribution in [-0.2, 0) is 16.1 Å². The molecule has 0 aromatic heterocycles. The third-order valence-electron chi connectivity index (χ3n) is 5.36. The summed E-state index contributed by atoms with van der Waals surface area (Å²) in [6.45, 7) is 1.26. The Kier molecular flexibility index (Phi) is 4.48. The number of hydrogen-bond donors (Lipinski definition) is 0. The molecule has 4 rings (SSSR count). The fraction of sp³-hybridized carbons (Fsp3) is 0.333. The topological polar surface area (TPSA) is 59.1 Å². The van der Waals surface area contributed by atoms with E-state index in [2.05, 4.69) is 0 Å². The first-order chi connectivity index (χ1) is 13.1. The van der Waals surface area contributed by atoms with Crippen molar-refractivity contribution in [2.45, 2.75) is 25.0 Å². The Bertz CT molecular complexity index is 837. The molecule has 0 saturated carbocycles. The van der Waals surface area contributed by atoms with Crippen molar-refractivity contribution >= 4 is 17.7 Å². The largest absolute Gasteiger partial charge is 0.497 e. The van der Waals surface area contributed by atoms with Gasteiger partial charge >= 0.3 is 6.09 Å². The van der Waals surface area contributed by atoms with E-state index in [0.717, 1.165) is 23.4 Å². The van der Waals surface area contributed by atoms with E-state index in [1.807, 2.05) is 54.6 Å². The number of likely N-dealkylation sites (tertiary alicyclic amines) is 1. The van der Waals surface area contributed by atoms with Crippen molar-refractivity contribution in [3.05, 3.63) is 60.2 Å². The van der Waals surface area contributed by atoms with Gasteiger partial charge in [0.25, 0.3) is 5.91 Å². The Hall–Kier alpha value is -3.02. The molecule has 27 heavy (non-hydrogen) atoms. The van der Waals surface area contributed by atoms with Crippen LogP contribution in [0.15, 0.2) is 54.6 Å². The molecule has 2 aromatic carbocycles. The molecule has 2 amide bonds. The number of benzene rings is 2. The van der Waals surface area contributed by atoms with E-state index in [1.54, 1.807) is 16.9 Å². The van der Waals surface area contributed by atoms with Crippen molar-refractivity contribution in [3.8, 4) is 5.75 Å². The quantitative estimate of drug-likeness (QED) is 0.780. The van der Waals surface area contributed by atoms with Crippen molar-refractivity contribution in [3.63, 3.8) is 0 Å². The lowest BCUT2D eigenvalue weighted by Gasteiger charge is -2.50. The minimum atomic E-state index is -0.756. The second-order valence-corrected chi connectivity index (χ2v) is 6.92. The van der Waals surface area contributed by atoms with Crippen molar-refractivity contribution in [2.75, 3.05) is 25.1 Å². The summed E-state index contributed by atoms with van der Waals surface area (Å²) in [5, 5.41) is 0. The van der Waals surface area contributed by atoms with E-state index in [0.29, 0.717) is 19.5 Å². The van der Waals surface area contributed by atoms with E-state index in [9.17, 15) is 9.59 Å². The predicted octanol–water partition coefficient (Wildman–Crippen LogP) is 3.21. The summed E-state index contributed by atoms with van der Waals surface area (Å²) in [4.78, 5) is 28.9. The summed E-state index contributed by atoms with van der Waals surface area (Å²) in [5.74, 6) is 0.704. The van der Waals surface area contributed by atoms with Gasteiger partial charge in [0.05, 0.1) is 13.7 Å². The molecular weight excluding hydrogens is 344 g/mol. The number of nitrogens with zero attached hydrogens (tertiary/aromatic N) is 2. The summed E-state index contributed by atoms with van der Waals surface area (Å²) in [6, 6.07) is 16.9. The number of β-lactam (4-membered cyclic amide) rings is 1. The highest BCUT2D eigenvalue weighted by Crippen LogP contribution is 2.41. The lowest BCUT2D eigenvalue weighted by Crippen LogP contribution is -2.73. The summed E-state index contributed by atoms with van der Waals surface area (Å²) in [5.41, 5.74) is 0.989. The first-order valence-electron chi connectivity index (χ1n) is 9.08. The Balaban J connectivity index is 1.43. The highest BCUT2D eigenvalue weighted by atomic mass is 16.6. The first kappa shape index (κ1) is 17.4. The average molecular weight is 366 g/mol. The Morgan fingerprint density at radius 2 is 1.85 bits per heavy atom. The Morgan fingerprint density at radius 3 is 2.52 bits per heavy atom. The van der Waals surface area contributed by atoms with Crippen LogP contribution in [0.25, 0.3) is 0 Å². The fourth-order valence-electron chi connectivity index (χ4n) is 3.86. The molecule has 0 N–H and O–H groups in total. The second-order valence-electron chi connectivity index (χ2n) is 6.92. The Morgan fingerprint density at radius 1 is 1.11 bits per heavy atom. The van der Waals surface area contributed by atoms with Gasteiger partial charge in [-0.2, -0.15) is 0 Å². The fourth-order valence-corrected chi connectivity index (χ4v) is 3.86. The molecule has 0 unspecified atom stereocenters. The third-order valence-corrected chi connectivity index (χ3v) is 5.36. The van der Waals surface area contributed by atoms with E-state index >= 15 is 0 Å². The van der Waals surface area contributed by atoms with Gasteiger partial charge in [-0.15, -0.1) is 0 Å². The van der Waals surface area contributed by atoms with E-state index in [4.69, 9.17) is 9.47 Å². The minimum absolute atomic E-state index is 0.0400. The van der Waals surface area contributed by atoms with Crippen LogP contribution in [0.3, 0.4) is 0 Å². The SMILES string of the molecule is COc1ccc(N2C[C@@]3(CCCN3C(=O)OCc3ccccc3)C2=O)cc1. The van der Waals surface area contributed by atoms with Gasteiger partial charge < -0.3 is 14.4 Å². The molecule has 2 aliphatic heterocycles. The third kappa shape index (κ3) is 3.01. The van der Waals surface area contributed by atoms with Crippen LogP contribution in [0.4, 0.5) is 10.5 Å². The normalized spacial score (nSPS) is 21.3. The average Bonchev–Trinajstić information content (AvgIpc) is 3.18. The highest BCUT2D eigenvalue weighted by molar-refractivity contribution is 6.09. The molecule has 0 bridgehead atoms. The summed E-state index contributed by atoms with van der Waals surface area (Å²) in [7, 11) is 1.61. The molecular formula is C21H22N2O4. The number of methoxy groups -OCH3 is 1. The van der Waals surface area contributed by atoms with Gasteiger partial charge in [0, 0.05) is 12.2 Å². The zero-order valence-corrected chi connectivity index (χ0v) is 15.3. The van der Waals surface area contributed by atoms with Gasteiger partial charge in [-0.05, 0) is 42.7 Å². The number of ether oxygens (including phenoxy) is 2. The smallest absolute Gasteiger partial charge is 0.411 e. The van der Waals surface area contributed by atoms with E-state index < -0.39 is 11.6 Å². The van der Waals surface area contributed by atoms with Crippen molar-refractivity contribution in [1.82, 2.24) is 4.90 Å². The molecule has 1 spiro atoms. The first-order valence-corrected chi connectivity index (χ1v) is 9.08. The molecule has 6 nitrogen and oxygen atoms in total. The Labute approximate surface area is 158 Å². The molecule has 140 valence electrons. The standard InChI is InChI=1S/C21H22N2O4/c1-26-18-10-8-17(9-11-18)22-15-21(19(22)24)12-5-13-23(21)20(25)27-14-16-6-3-2-4-7-16/h2-4,6-11H,5,12-15H2,1H3/t21-/m0/s1. The van der Waals surface area contributed by atoms with Gasteiger partial charge in [0.2, 0.25) is 0 Å². The maximum absolute atomic E-state index is 13.0. The molecule has 2 aromatic rings. The minimum Gasteiger partial charge on any atom is -0.497 e. The van der Waals surface area contributed by atoms with Crippen molar-refractivity contribution in [2.24, 2.45) is 0 Å². The number of carbonyl (C=O) groups excluding carboxylic acids is 2. The zero-order valence-electron chi connectivity index (χ0n) is 15.3. The van der Waals surface area contributed by atoms with E-state index in [1.165, 1.54) is 0 Å². The van der Waals surface area contributed by atoms with Crippen molar-refractivity contribution in [1.29, 1.82) is 0 Å². The monoisotopic (exact) mass is 366 g/mol. The predicted molar refractivity (Wildman–Crippen MR) is 101 cm³/mol. The molecule has 0 radical (unpaired) electrons. The van der Waals surface area contributed by atoms with E-state index in [-0.39, 0.29) is 12.5 Å². The molecule has 2 fully saturated rings. The van der Waals surface area contributed by atoms with Crippen LogP contribution in [-0.4, -0.2) is 42.6 Å². The molecule has 1 atom stereocenters. The van der Waals surface area contributed by atoms with Crippen LogP contribution in [0.2, 0.25) is 0 Å². The van der Waals surface area contributed by atoms with Gasteiger partial charge in [-0.3, -0.25) is 9.69 Å². The number of amides is 2. The van der Waals surface area contributed by atoms with Crippen molar-refractivity contribution < 1.29 is 19.1 Å². The zero-order chi connectivity index (χ0) is 18.9. The maximum Gasteiger partial charge on any atom is 0.411 e. The number of carbonyl (C=O) groups is 2. The van der Waals surface area contributed by atoms with Gasteiger partial charge in [-0.1, -0.05) is 30.3 Å². The second kappa shape index (κ2) is 6.95. The van der Waals surface area contributed by atoms with Crippen LogP contribution in [0.1, 0.15) is 18.4 Å².